The lowest BCUT2D eigenvalue weighted by Gasteiger charge is -2.44. The molecule has 0 aliphatic heterocycles. The van der Waals surface area contributed by atoms with Crippen molar-refractivity contribution in [1.29, 1.82) is 0 Å². The predicted molar refractivity (Wildman–Crippen MR) is 82.9 cm³/mol. The van der Waals surface area contributed by atoms with Crippen LogP contribution in [-0.4, -0.2) is 10.9 Å². The number of furan rings is 1. The standard InChI is InChI=1S/C17H22O2S/c1-11(18)20-10-12-4-5-15-14(8-12)9-13-6-7-19-16(13)17(15,2)3/h6-8,14-15H,4-5,9-10H2,1-3H3/t14-,15+/m1/s1. The summed E-state index contributed by atoms with van der Waals surface area (Å²) in [6.45, 7) is 6.28. The average Bonchev–Trinajstić information content (AvgIpc) is 2.85. The summed E-state index contributed by atoms with van der Waals surface area (Å²) in [5.41, 5.74) is 2.94. The molecule has 2 aliphatic carbocycles. The first-order chi connectivity index (χ1) is 9.48. The molecule has 0 aromatic carbocycles. The van der Waals surface area contributed by atoms with Crippen molar-refractivity contribution < 1.29 is 9.21 Å². The molecule has 3 heteroatoms. The lowest BCUT2D eigenvalue weighted by Crippen LogP contribution is -2.40. The highest BCUT2D eigenvalue weighted by Gasteiger charge is 2.44. The van der Waals surface area contributed by atoms with E-state index in [1.54, 1.807) is 6.92 Å². The van der Waals surface area contributed by atoms with E-state index >= 15 is 0 Å². The average molecular weight is 290 g/mol. The fraction of sp³-hybridized carbons (Fsp3) is 0.588. The summed E-state index contributed by atoms with van der Waals surface area (Å²) in [6, 6.07) is 2.12. The van der Waals surface area contributed by atoms with Crippen LogP contribution in [0.3, 0.4) is 0 Å². The van der Waals surface area contributed by atoms with Crippen LogP contribution in [0.4, 0.5) is 0 Å². The topological polar surface area (TPSA) is 30.2 Å². The monoisotopic (exact) mass is 290 g/mol. The summed E-state index contributed by atoms with van der Waals surface area (Å²) in [5, 5.41) is 0.217. The van der Waals surface area contributed by atoms with Crippen molar-refractivity contribution in [3.05, 3.63) is 35.3 Å². The Morgan fingerprint density at radius 1 is 1.50 bits per heavy atom. The number of carbonyl (C=O) groups is 1. The van der Waals surface area contributed by atoms with Gasteiger partial charge in [0.05, 0.1) is 6.26 Å². The molecule has 2 nitrogen and oxygen atoms in total. The largest absolute Gasteiger partial charge is 0.468 e. The number of thioether (sulfide) groups is 1. The smallest absolute Gasteiger partial charge is 0.186 e. The van der Waals surface area contributed by atoms with Gasteiger partial charge in [0.1, 0.15) is 5.76 Å². The molecule has 2 atom stereocenters. The minimum absolute atomic E-state index is 0.123. The molecular formula is C17H22O2S. The molecule has 1 aromatic heterocycles. The van der Waals surface area contributed by atoms with Crippen molar-refractivity contribution in [2.75, 3.05) is 5.75 Å². The van der Waals surface area contributed by atoms with Gasteiger partial charge in [0.25, 0.3) is 0 Å². The highest BCUT2D eigenvalue weighted by atomic mass is 32.2. The van der Waals surface area contributed by atoms with Gasteiger partial charge in [-0.3, -0.25) is 4.79 Å². The van der Waals surface area contributed by atoms with Gasteiger partial charge in [-0.1, -0.05) is 37.3 Å². The van der Waals surface area contributed by atoms with Crippen molar-refractivity contribution in [3.63, 3.8) is 0 Å². The molecule has 0 N–H and O–H groups in total. The third-order valence-electron chi connectivity index (χ3n) is 4.92. The molecule has 1 heterocycles. The second-order valence-corrected chi connectivity index (χ2v) is 7.77. The second-order valence-electron chi connectivity index (χ2n) is 6.61. The predicted octanol–water partition coefficient (Wildman–Crippen LogP) is 4.35. The van der Waals surface area contributed by atoms with Crippen molar-refractivity contribution in [2.24, 2.45) is 11.8 Å². The maximum absolute atomic E-state index is 11.1. The Balaban J connectivity index is 1.84. The van der Waals surface area contributed by atoms with Crippen molar-refractivity contribution in [1.82, 2.24) is 0 Å². The van der Waals surface area contributed by atoms with Gasteiger partial charge in [0, 0.05) is 18.1 Å². The Morgan fingerprint density at radius 2 is 2.30 bits per heavy atom. The summed E-state index contributed by atoms with van der Waals surface area (Å²) >= 11 is 1.44. The zero-order chi connectivity index (χ0) is 14.3. The molecule has 0 radical (unpaired) electrons. The fourth-order valence-corrected chi connectivity index (χ4v) is 4.58. The minimum Gasteiger partial charge on any atom is -0.468 e. The lowest BCUT2D eigenvalue weighted by atomic mass is 9.60. The molecule has 0 unspecified atom stereocenters. The van der Waals surface area contributed by atoms with Gasteiger partial charge in [-0.05, 0) is 42.7 Å². The maximum atomic E-state index is 11.1. The Hall–Kier alpha value is -0.960. The van der Waals surface area contributed by atoms with E-state index in [9.17, 15) is 4.79 Å². The van der Waals surface area contributed by atoms with Crippen LogP contribution in [0, 0.1) is 11.8 Å². The van der Waals surface area contributed by atoms with Crippen LogP contribution in [0.25, 0.3) is 0 Å². The van der Waals surface area contributed by atoms with Crippen LogP contribution in [0.5, 0.6) is 0 Å². The summed E-state index contributed by atoms with van der Waals surface area (Å²) in [7, 11) is 0. The third kappa shape index (κ3) is 2.37. The Bertz CT molecular complexity index is 553. The van der Waals surface area contributed by atoms with Gasteiger partial charge in [-0.25, -0.2) is 0 Å². The first-order valence-corrected chi connectivity index (χ1v) is 8.37. The maximum Gasteiger partial charge on any atom is 0.186 e. The van der Waals surface area contributed by atoms with Crippen LogP contribution in [0.1, 0.15) is 44.9 Å². The minimum atomic E-state index is 0.123. The lowest BCUT2D eigenvalue weighted by molar-refractivity contribution is -0.109. The van der Waals surface area contributed by atoms with Gasteiger partial charge >= 0.3 is 0 Å². The van der Waals surface area contributed by atoms with Crippen LogP contribution in [0.15, 0.2) is 28.4 Å². The van der Waals surface area contributed by atoms with E-state index in [1.165, 1.54) is 35.1 Å². The number of carbonyl (C=O) groups excluding carboxylic acids is 1. The van der Waals surface area contributed by atoms with Crippen molar-refractivity contribution in [3.8, 4) is 0 Å². The second kappa shape index (κ2) is 5.10. The Labute approximate surface area is 125 Å². The van der Waals surface area contributed by atoms with Crippen LogP contribution >= 0.6 is 11.8 Å². The summed E-state index contributed by atoms with van der Waals surface area (Å²) in [6.07, 6.45) is 7.71. The van der Waals surface area contributed by atoms with Crippen LogP contribution < -0.4 is 0 Å². The highest BCUT2D eigenvalue weighted by Crippen LogP contribution is 2.49. The normalized spacial score (nSPS) is 27.4. The Morgan fingerprint density at radius 3 is 3.05 bits per heavy atom. The number of rotatable bonds is 2. The SMILES string of the molecule is CC(=O)SCC1=C[C@@H]2Cc3ccoc3C(C)(C)[C@H]2CC1. The molecule has 0 spiro atoms. The zero-order valence-electron chi connectivity index (χ0n) is 12.4. The molecule has 0 bridgehead atoms. The first-order valence-electron chi connectivity index (χ1n) is 7.38. The van der Waals surface area contributed by atoms with Crippen molar-refractivity contribution in [2.45, 2.75) is 45.4 Å². The third-order valence-corrected chi connectivity index (χ3v) is 5.84. The highest BCUT2D eigenvalue weighted by molar-refractivity contribution is 8.13. The number of hydrogen-bond donors (Lipinski definition) is 0. The summed E-state index contributed by atoms with van der Waals surface area (Å²) in [4.78, 5) is 11.1. The zero-order valence-corrected chi connectivity index (χ0v) is 13.3. The molecule has 0 fully saturated rings. The Kier molecular flexibility index (Phi) is 3.57. The van der Waals surface area contributed by atoms with Crippen LogP contribution in [0.2, 0.25) is 0 Å². The van der Waals surface area contributed by atoms with Gasteiger partial charge in [-0.2, -0.15) is 0 Å². The van der Waals surface area contributed by atoms with Crippen LogP contribution in [-0.2, 0) is 16.6 Å². The summed E-state index contributed by atoms with van der Waals surface area (Å²) < 4.78 is 5.76. The fourth-order valence-electron chi connectivity index (χ4n) is 3.95. The van der Waals surface area contributed by atoms with Gasteiger partial charge in [-0.15, -0.1) is 0 Å². The van der Waals surface area contributed by atoms with Gasteiger partial charge in [0.2, 0.25) is 0 Å². The van der Waals surface area contributed by atoms with E-state index in [4.69, 9.17) is 4.42 Å². The molecule has 3 rings (SSSR count). The first kappa shape index (κ1) is 14.0. The van der Waals surface area contributed by atoms with E-state index < -0.39 is 0 Å². The molecule has 20 heavy (non-hydrogen) atoms. The number of allylic oxidation sites excluding steroid dienone is 1. The summed E-state index contributed by atoms with van der Waals surface area (Å²) in [5.74, 6) is 3.32. The van der Waals surface area contributed by atoms with E-state index in [0.717, 1.165) is 18.6 Å². The molecule has 0 amide bonds. The molecule has 108 valence electrons. The number of fused-ring (bicyclic) bond motifs is 2. The molecule has 0 saturated heterocycles. The molecule has 0 saturated carbocycles. The van der Waals surface area contributed by atoms with E-state index in [-0.39, 0.29) is 10.5 Å². The molecular weight excluding hydrogens is 268 g/mol. The number of hydrogen-bond acceptors (Lipinski definition) is 3. The molecule has 1 aromatic rings. The van der Waals surface area contributed by atoms with E-state index in [0.29, 0.717) is 11.8 Å². The molecule has 2 aliphatic rings. The van der Waals surface area contributed by atoms with Crippen molar-refractivity contribution >= 4 is 16.9 Å². The van der Waals surface area contributed by atoms with Gasteiger partial charge in [0.15, 0.2) is 5.12 Å². The van der Waals surface area contributed by atoms with E-state index in [1.807, 2.05) is 6.26 Å². The van der Waals surface area contributed by atoms with E-state index in [2.05, 4.69) is 26.0 Å². The van der Waals surface area contributed by atoms with Gasteiger partial charge < -0.3 is 4.42 Å². The quantitative estimate of drug-likeness (QED) is 0.759.